The molecule has 1 aromatic carbocycles. The summed E-state index contributed by atoms with van der Waals surface area (Å²) in [5.41, 5.74) is -1.51. The van der Waals surface area contributed by atoms with Crippen molar-refractivity contribution in [2.24, 2.45) is 4.99 Å². The van der Waals surface area contributed by atoms with Crippen LogP contribution in [0.5, 0.6) is 0 Å². The number of hydrogen-bond donors (Lipinski definition) is 1. The Bertz CT molecular complexity index is 879. The SMILES string of the molecule is Cc1cccc2sc(N[C@]3(C(F)(F)F)N=C4SCCN4C3=O)nc12. The van der Waals surface area contributed by atoms with E-state index in [1.165, 1.54) is 0 Å². The first-order valence-electron chi connectivity index (χ1n) is 7.07. The van der Waals surface area contributed by atoms with Gasteiger partial charge < -0.3 is 5.32 Å². The molecular weight excluding hydrogens is 361 g/mol. The Morgan fingerprint density at radius 3 is 2.83 bits per heavy atom. The van der Waals surface area contributed by atoms with Crippen molar-refractivity contribution in [1.82, 2.24) is 9.88 Å². The topological polar surface area (TPSA) is 57.6 Å². The Morgan fingerprint density at radius 1 is 1.38 bits per heavy atom. The van der Waals surface area contributed by atoms with Crippen molar-refractivity contribution in [1.29, 1.82) is 0 Å². The van der Waals surface area contributed by atoms with Gasteiger partial charge in [-0.1, -0.05) is 35.2 Å². The second-order valence-corrected chi connectivity index (χ2v) is 7.57. The van der Waals surface area contributed by atoms with Crippen LogP contribution in [0, 0.1) is 6.92 Å². The van der Waals surface area contributed by atoms with Crippen LogP contribution >= 0.6 is 23.1 Å². The normalized spacial score (nSPS) is 23.8. The van der Waals surface area contributed by atoms with E-state index in [0.29, 0.717) is 11.3 Å². The van der Waals surface area contributed by atoms with Crippen LogP contribution in [0.15, 0.2) is 23.2 Å². The van der Waals surface area contributed by atoms with Gasteiger partial charge in [0.1, 0.15) is 0 Å². The Labute approximate surface area is 143 Å². The maximum absolute atomic E-state index is 13.7. The summed E-state index contributed by atoms with van der Waals surface area (Å²) in [5, 5.41) is 2.42. The molecule has 0 unspecified atom stereocenters. The molecule has 0 aliphatic carbocycles. The minimum Gasteiger partial charge on any atom is -0.322 e. The molecular formula is C14H11F3N4OS2. The van der Waals surface area contributed by atoms with Gasteiger partial charge in [-0.15, -0.1) is 0 Å². The lowest BCUT2D eigenvalue weighted by Crippen LogP contribution is -2.57. The second kappa shape index (κ2) is 5.09. The number of carbonyl (C=O) groups is 1. The molecule has 10 heteroatoms. The number of benzene rings is 1. The van der Waals surface area contributed by atoms with Gasteiger partial charge in [0.25, 0.3) is 5.91 Å². The first-order chi connectivity index (χ1) is 11.3. The summed E-state index contributed by atoms with van der Waals surface area (Å²) in [7, 11) is 0. The molecule has 4 rings (SSSR count). The van der Waals surface area contributed by atoms with Crippen molar-refractivity contribution in [2.45, 2.75) is 18.8 Å². The average Bonchev–Trinajstić information content (AvgIpc) is 3.16. The molecule has 0 radical (unpaired) electrons. The molecule has 0 bridgehead atoms. The molecule has 2 aliphatic rings. The summed E-state index contributed by atoms with van der Waals surface area (Å²) in [5.74, 6) is -0.537. The fourth-order valence-electron chi connectivity index (χ4n) is 2.70. The molecule has 1 N–H and O–H groups in total. The lowest BCUT2D eigenvalue weighted by molar-refractivity contribution is -0.185. The lowest BCUT2D eigenvalue weighted by Gasteiger charge is -2.28. The average molecular weight is 372 g/mol. The van der Waals surface area contributed by atoms with E-state index >= 15 is 0 Å². The van der Waals surface area contributed by atoms with E-state index in [9.17, 15) is 18.0 Å². The molecule has 24 heavy (non-hydrogen) atoms. The summed E-state index contributed by atoms with van der Waals surface area (Å²) in [6, 6.07) is 5.42. The predicted molar refractivity (Wildman–Crippen MR) is 88.4 cm³/mol. The van der Waals surface area contributed by atoms with Crippen LogP contribution in [0.1, 0.15) is 5.56 Å². The van der Waals surface area contributed by atoms with Gasteiger partial charge in [0, 0.05) is 12.3 Å². The number of nitrogens with zero attached hydrogens (tertiary/aromatic N) is 3. The number of rotatable bonds is 2. The summed E-state index contributed by atoms with van der Waals surface area (Å²) in [6.45, 7) is 2.07. The molecule has 1 aromatic heterocycles. The number of fused-ring (bicyclic) bond motifs is 2. The highest BCUT2D eigenvalue weighted by atomic mass is 32.2. The molecule has 0 saturated carbocycles. The van der Waals surface area contributed by atoms with Gasteiger partial charge in [0.05, 0.1) is 10.2 Å². The number of carbonyl (C=O) groups excluding carboxylic acids is 1. The number of para-hydroxylation sites is 1. The third-order valence-corrected chi connectivity index (χ3v) is 5.81. The fourth-order valence-corrected chi connectivity index (χ4v) is 4.68. The maximum Gasteiger partial charge on any atom is 0.442 e. The van der Waals surface area contributed by atoms with Gasteiger partial charge >= 0.3 is 11.8 Å². The van der Waals surface area contributed by atoms with E-state index in [2.05, 4.69) is 15.3 Å². The highest BCUT2D eigenvalue weighted by Crippen LogP contribution is 2.44. The summed E-state index contributed by atoms with van der Waals surface area (Å²) in [4.78, 5) is 21.5. The molecule has 0 spiro atoms. The number of amidine groups is 1. The fraction of sp³-hybridized carbons (Fsp3) is 0.357. The quantitative estimate of drug-likeness (QED) is 0.880. The standard InChI is InChI=1S/C14H11F3N4OS2/c1-7-3-2-4-8-9(7)18-11(24-8)19-13(14(15,16)17)10(22)21-5-6-23-12(21)20-13/h2-4H,5-6H2,1H3,(H,18,19)/t13-/m0/s1. The van der Waals surface area contributed by atoms with Crippen molar-refractivity contribution in [3.05, 3.63) is 23.8 Å². The van der Waals surface area contributed by atoms with Crippen LogP contribution < -0.4 is 5.32 Å². The number of hydrogen-bond acceptors (Lipinski definition) is 6. The number of alkyl halides is 3. The van der Waals surface area contributed by atoms with Crippen LogP contribution in [0.4, 0.5) is 18.3 Å². The first kappa shape index (κ1) is 15.7. The first-order valence-corrected chi connectivity index (χ1v) is 8.88. The van der Waals surface area contributed by atoms with Crippen LogP contribution in [0.25, 0.3) is 10.2 Å². The van der Waals surface area contributed by atoms with Crippen molar-refractivity contribution < 1.29 is 18.0 Å². The van der Waals surface area contributed by atoms with Crippen LogP contribution in [-0.4, -0.2) is 45.1 Å². The van der Waals surface area contributed by atoms with E-state index in [4.69, 9.17) is 0 Å². The minimum atomic E-state index is -4.87. The van der Waals surface area contributed by atoms with E-state index in [0.717, 1.165) is 38.3 Å². The Kier molecular flexibility index (Phi) is 3.33. The number of halogens is 3. The number of amides is 1. The smallest absolute Gasteiger partial charge is 0.322 e. The number of aromatic nitrogens is 1. The Morgan fingerprint density at radius 2 is 2.17 bits per heavy atom. The van der Waals surface area contributed by atoms with Crippen molar-refractivity contribution in [2.75, 3.05) is 17.6 Å². The molecule has 126 valence electrons. The largest absolute Gasteiger partial charge is 0.442 e. The molecule has 5 nitrogen and oxygen atoms in total. The number of thiazole rings is 1. The van der Waals surface area contributed by atoms with Crippen LogP contribution in [0.3, 0.4) is 0 Å². The Balaban J connectivity index is 1.80. The molecule has 1 amide bonds. The number of aliphatic imine (C=N–C) groups is 1. The van der Waals surface area contributed by atoms with Crippen molar-refractivity contribution in [3.63, 3.8) is 0 Å². The number of nitrogens with one attached hydrogen (secondary N) is 1. The highest BCUT2D eigenvalue weighted by molar-refractivity contribution is 8.14. The number of thioether (sulfide) groups is 1. The molecule has 2 aliphatic heterocycles. The summed E-state index contributed by atoms with van der Waals surface area (Å²) >= 11 is 2.23. The molecule has 3 heterocycles. The molecule has 2 aromatic rings. The van der Waals surface area contributed by atoms with E-state index in [1.54, 1.807) is 6.07 Å². The molecule has 1 atom stereocenters. The monoisotopic (exact) mass is 372 g/mol. The zero-order chi connectivity index (χ0) is 17.1. The second-order valence-electron chi connectivity index (χ2n) is 5.47. The maximum atomic E-state index is 13.7. The Hall–Kier alpha value is -1.81. The lowest BCUT2D eigenvalue weighted by atomic mass is 10.1. The molecule has 1 fully saturated rings. The van der Waals surface area contributed by atoms with E-state index in [-0.39, 0.29) is 16.8 Å². The van der Waals surface area contributed by atoms with Crippen LogP contribution in [-0.2, 0) is 4.79 Å². The van der Waals surface area contributed by atoms with Gasteiger partial charge in [-0.25, -0.2) is 9.98 Å². The van der Waals surface area contributed by atoms with E-state index < -0.39 is 17.7 Å². The van der Waals surface area contributed by atoms with Gasteiger partial charge in [0.2, 0.25) is 0 Å². The van der Waals surface area contributed by atoms with Crippen molar-refractivity contribution in [3.8, 4) is 0 Å². The zero-order valence-corrected chi connectivity index (χ0v) is 14.0. The van der Waals surface area contributed by atoms with Gasteiger partial charge in [-0.2, -0.15) is 13.2 Å². The van der Waals surface area contributed by atoms with Gasteiger partial charge in [-0.3, -0.25) is 9.69 Å². The zero-order valence-electron chi connectivity index (χ0n) is 12.3. The van der Waals surface area contributed by atoms with Gasteiger partial charge in [-0.05, 0) is 18.6 Å². The predicted octanol–water partition coefficient (Wildman–Crippen LogP) is 3.22. The number of aryl methyl sites for hydroxylation is 1. The third kappa shape index (κ3) is 2.12. The number of anilines is 1. The minimum absolute atomic E-state index is 0.0282. The van der Waals surface area contributed by atoms with E-state index in [1.807, 2.05) is 19.1 Å². The third-order valence-electron chi connectivity index (χ3n) is 3.91. The summed E-state index contributed by atoms with van der Waals surface area (Å²) < 4.78 is 42.0. The van der Waals surface area contributed by atoms with Gasteiger partial charge in [0.15, 0.2) is 10.3 Å². The summed E-state index contributed by atoms with van der Waals surface area (Å²) in [6.07, 6.45) is -4.87. The highest BCUT2D eigenvalue weighted by Gasteiger charge is 2.67. The van der Waals surface area contributed by atoms with Crippen LogP contribution in [0.2, 0.25) is 0 Å². The van der Waals surface area contributed by atoms with Crippen molar-refractivity contribution >= 4 is 49.5 Å². The molecule has 1 saturated heterocycles.